The van der Waals surface area contributed by atoms with Gasteiger partial charge in [0.25, 0.3) is 5.69 Å². The van der Waals surface area contributed by atoms with Gasteiger partial charge in [0.1, 0.15) is 11.4 Å². The van der Waals surface area contributed by atoms with Crippen LogP contribution in [0.4, 0.5) is 11.4 Å². The van der Waals surface area contributed by atoms with Gasteiger partial charge in [-0.2, -0.15) is 0 Å². The Labute approximate surface area is 116 Å². The van der Waals surface area contributed by atoms with E-state index in [-0.39, 0.29) is 29.2 Å². The SMILES string of the molecule is COc1ccc(NC(=O)C2CCC(N)C2)c([N+](=O)[O-])c1. The summed E-state index contributed by atoms with van der Waals surface area (Å²) in [5.74, 6) is -0.0180. The molecule has 0 aromatic heterocycles. The molecule has 108 valence electrons. The van der Waals surface area contributed by atoms with Gasteiger partial charge < -0.3 is 15.8 Å². The van der Waals surface area contributed by atoms with Crippen LogP contribution >= 0.6 is 0 Å². The number of hydrogen-bond acceptors (Lipinski definition) is 5. The summed E-state index contributed by atoms with van der Waals surface area (Å²) in [6.07, 6.45) is 2.15. The van der Waals surface area contributed by atoms with E-state index >= 15 is 0 Å². The molecular formula is C13H17N3O4. The molecule has 0 bridgehead atoms. The van der Waals surface area contributed by atoms with Crippen LogP contribution in [0.15, 0.2) is 18.2 Å². The standard InChI is InChI=1S/C13H17N3O4/c1-20-10-4-5-11(12(7-10)16(18)19)15-13(17)8-2-3-9(14)6-8/h4-5,7-9H,2-3,6,14H2,1H3,(H,15,17). The van der Waals surface area contributed by atoms with Crippen molar-refractivity contribution in [2.45, 2.75) is 25.3 Å². The highest BCUT2D eigenvalue weighted by Gasteiger charge is 2.29. The van der Waals surface area contributed by atoms with Crippen LogP contribution < -0.4 is 15.8 Å². The van der Waals surface area contributed by atoms with E-state index in [1.165, 1.54) is 19.2 Å². The summed E-state index contributed by atoms with van der Waals surface area (Å²) in [6.45, 7) is 0. The number of nitro groups is 1. The van der Waals surface area contributed by atoms with Gasteiger partial charge in [0, 0.05) is 12.0 Å². The first-order valence-electron chi connectivity index (χ1n) is 6.40. The van der Waals surface area contributed by atoms with Crippen molar-refractivity contribution in [3.05, 3.63) is 28.3 Å². The minimum absolute atomic E-state index is 0.0385. The molecule has 2 rings (SSSR count). The predicted octanol–water partition coefficient (Wildman–Crippen LogP) is 1.67. The zero-order valence-corrected chi connectivity index (χ0v) is 11.2. The molecule has 0 spiro atoms. The molecule has 1 saturated carbocycles. The number of amides is 1. The summed E-state index contributed by atoms with van der Waals surface area (Å²) >= 11 is 0. The molecule has 1 aromatic carbocycles. The fourth-order valence-electron chi connectivity index (χ4n) is 2.38. The van der Waals surface area contributed by atoms with Crippen LogP contribution in [-0.2, 0) is 4.79 Å². The predicted molar refractivity (Wildman–Crippen MR) is 73.6 cm³/mol. The molecule has 1 aromatic rings. The third kappa shape index (κ3) is 3.05. The maximum atomic E-state index is 12.1. The van der Waals surface area contributed by atoms with Crippen LogP contribution in [0.2, 0.25) is 0 Å². The van der Waals surface area contributed by atoms with E-state index in [0.717, 1.165) is 12.8 Å². The van der Waals surface area contributed by atoms with Crippen molar-refractivity contribution in [1.82, 2.24) is 0 Å². The highest BCUT2D eigenvalue weighted by atomic mass is 16.6. The fraction of sp³-hybridized carbons (Fsp3) is 0.462. The lowest BCUT2D eigenvalue weighted by Crippen LogP contribution is -2.23. The number of hydrogen-bond donors (Lipinski definition) is 2. The average molecular weight is 279 g/mol. The number of nitro benzene ring substituents is 1. The number of benzene rings is 1. The normalized spacial score (nSPS) is 21.5. The highest BCUT2D eigenvalue weighted by Crippen LogP contribution is 2.31. The summed E-state index contributed by atoms with van der Waals surface area (Å²) in [5.41, 5.74) is 5.77. The van der Waals surface area contributed by atoms with Gasteiger partial charge in [0.15, 0.2) is 0 Å². The second-order valence-electron chi connectivity index (χ2n) is 4.90. The first-order valence-corrected chi connectivity index (χ1v) is 6.40. The molecular weight excluding hydrogens is 262 g/mol. The number of anilines is 1. The van der Waals surface area contributed by atoms with Gasteiger partial charge in [-0.15, -0.1) is 0 Å². The minimum atomic E-state index is -0.543. The van der Waals surface area contributed by atoms with E-state index in [9.17, 15) is 14.9 Å². The minimum Gasteiger partial charge on any atom is -0.496 e. The zero-order chi connectivity index (χ0) is 14.7. The maximum Gasteiger partial charge on any atom is 0.296 e. The van der Waals surface area contributed by atoms with Crippen molar-refractivity contribution in [1.29, 1.82) is 0 Å². The van der Waals surface area contributed by atoms with E-state index in [1.807, 2.05) is 0 Å². The number of methoxy groups -OCH3 is 1. The Morgan fingerprint density at radius 3 is 2.80 bits per heavy atom. The first-order chi connectivity index (χ1) is 9.51. The summed E-state index contributed by atoms with van der Waals surface area (Å²) in [4.78, 5) is 22.5. The largest absolute Gasteiger partial charge is 0.496 e. The molecule has 7 nitrogen and oxygen atoms in total. The maximum absolute atomic E-state index is 12.1. The van der Waals surface area contributed by atoms with E-state index in [2.05, 4.69) is 5.32 Å². The summed E-state index contributed by atoms with van der Waals surface area (Å²) < 4.78 is 4.95. The van der Waals surface area contributed by atoms with Crippen molar-refractivity contribution < 1.29 is 14.5 Å². The molecule has 0 heterocycles. The average Bonchev–Trinajstić information content (AvgIpc) is 2.85. The molecule has 0 aliphatic heterocycles. The van der Waals surface area contributed by atoms with Crippen LogP contribution in [0.25, 0.3) is 0 Å². The molecule has 0 saturated heterocycles. The Kier molecular flexibility index (Phi) is 4.19. The van der Waals surface area contributed by atoms with E-state index in [0.29, 0.717) is 12.2 Å². The molecule has 2 unspecified atom stereocenters. The zero-order valence-electron chi connectivity index (χ0n) is 11.2. The van der Waals surface area contributed by atoms with Crippen LogP contribution in [-0.4, -0.2) is 24.0 Å². The molecule has 1 aliphatic rings. The molecule has 3 N–H and O–H groups in total. The Bertz CT molecular complexity index is 532. The Morgan fingerprint density at radius 1 is 1.50 bits per heavy atom. The molecule has 1 amide bonds. The number of carbonyl (C=O) groups is 1. The van der Waals surface area contributed by atoms with E-state index in [4.69, 9.17) is 10.5 Å². The second-order valence-corrected chi connectivity index (χ2v) is 4.90. The van der Waals surface area contributed by atoms with Crippen LogP contribution in [0.1, 0.15) is 19.3 Å². The fourth-order valence-corrected chi connectivity index (χ4v) is 2.38. The Hall–Kier alpha value is -2.15. The van der Waals surface area contributed by atoms with Gasteiger partial charge in [0.05, 0.1) is 18.1 Å². The summed E-state index contributed by atoms with van der Waals surface area (Å²) in [6, 6.07) is 4.37. The second kappa shape index (κ2) is 5.87. The number of rotatable bonds is 4. The summed E-state index contributed by atoms with van der Waals surface area (Å²) in [7, 11) is 1.43. The lowest BCUT2D eigenvalue weighted by molar-refractivity contribution is -0.384. The van der Waals surface area contributed by atoms with Gasteiger partial charge in [-0.05, 0) is 31.4 Å². The van der Waals surface area contributed by atoms with E-state index in [1.54, 1.807) is 6.07 Å². The third-order valence-electron chi connectivity index (χ3n) is 3.50. The number of nitrogens with zero attached hydrogens (tertiary/aromatic N) is 1. The Morgan fingerprint density at radius 2 is 2.25 bits per heavy atom. The van der Waals surface area contributed by atoms with Crippen molar-refractivity contribution in [2.24, 2.45) is 11.7 Å². The van der Waals surface area contributed by atoms with Crippen molar-refractivity contribution in [3.8, 4) is 5.75 Å². The number of carbonyl (C=O) groups excluding carboxylic acids is 1. The molecule has 1 fully saturated rings. The molecule has 1 aliphatic carbocycles. The summed E-state index contributed by atoms with van der Waals surface area (Å²) in [5, 5.41) is 13.6. The lowest BCUT2D eigenvalue weighted by atomic mass is 10.1. The third-order valence-corrected chi connectivity index (χ3v) is 3.50. The highest BCUT2D eigenvalue weighted by molar-refractivity contribution is 5.95. The monoisotopic (exact) mass is 279 g/mol. The lowest BCUT2D eigenvalue weighted by Gasteiger charge is -2.11. The van der Waals surface area contributed by atoms with Crippen LogP contribution in [0, 0.1) is 16.0 Å². The molecule has 20 heavy (non-hydrogen) atoms. The van der Waals surface area contributed by atoms with Gasteiger partial charge in [-0.3, -0.25) is 14.9 Å². The molecule has 2 atom stereocenters. The Balaban J connectivity index is 2.16. The number of nitrogens with one attached hydrogen (secondary N) is 1. The van der Waals surface area contributed by atoms with Crippen molar-refractivity contribution in [3.63, 3.8) is 0 Å². The van der Waals surface area contributed by atoms with Gasteiger partial charge >= 0.3 is 0 Å². The van der Waals surface area contributed by atoms with E-state index < -0.39 is 4.92 Å². The first kappa shape index (κ1) is 14.3. The quantitative estimate of drug-likeness (QED) is 0.644. The van der Waals surface area contributed by atoms with Gasteiger partial charge in [0.2, 0.25) is 5.91 Å². The molecule has 0 radical (unpaired) electrons. The number of ether oxygens (including phenoxy) is 1. The van der Waals surface area contributed by atoms with Crippen molar-refractivity contribution in [2.75, 3.05) is 12.4 Å². The van der Waals surface area contributed by atoms with Crippen molar-refractivity contribution >= 4 is 17.3 Å². The smallest absolute Gasteiger partial charge is 0.296 e. The van der Waals surface area contributed by atoms with Gasteiger partial charge in [-0.25, -0.2) is 0 Å². The van der Waals surface area contributed by atoms with Crippen LogP contribution in [0.3, 0.4) is 0 Å². The van der Waals surface area contributed by atoms with Crippen LogP contribution in [0.5, 0.6) is 5.75 Å². The van der Waals surface area contributed by atoms with Gasteiger partial charge in [-0.1, -0.05) is 0 Å². The topological polar surface area (TPSA) is 107 Å². The number of nitrogens with two attached hydrogens (primary N) is 1. The molecule has 7 heteroatoms.